The van der Waals surface area contributed by atoms with Crippen LogP contribution in [-0.2, 0) is 16.1 Å². The normalized spacial score (nSPS) is 20.6. The van der Waals surface area contributed by atoms with Crippen molar-refractivity contribution in [1.29, 1.82) is 0 Å². The number of alkyl halides is 6. The van der Waals surface area contributed by atoms with Gasteiger partial charge in [0.15, 0.2) is 0 Å². The number of piperidine rings is 2. The van der Waals surface area contributed by atoms with E-state index in [0.717, 1.165) is 28.9 Å². The molecule has 1 aromatic rings. The van der Waals surface area contributed by atoms with Crippen LogP contribution in [0.15, 0.2) is 18.2 Å². The SMILES string of the molecule is Cc1ccc(CN2CCCC23CCN(C(=O)OC(C(F)(F)F)C(F)(F)F)CC3)c(C(=O)N2CCC(C(N)=O)CC2)c1. The van der Waals surface area contributed by atoms with E-state index in [2.05, 4.69) is 9.64 Å². The first kappa shape index (κ1) is 30.9. The van der Waals surface area contributed by atoms with Crippen LogP contribution < -0.4 is 5.73 Å². The summed E-state index contributed by atoms with van der Waals surface area (Å²) < 4.78 is 81.0. The van der Waals surface area contributed by atoms with E-state index in [1.807, 2.05) is 25.1 Å². The summed E-state index contributed by atoms with van der Waals surface area (Å²) in [5, 5.41) is 0. The molecular weight excluding hydrogens is 558 g/mol. The summed E-state index contributed by atoms with van der Waals surface area (Å²) in [5.41, 5.74) is 7.27. The molecule has 4 rings (SSSR count). The van der Waals surface area contributed by atoms with E-state index in [-0.39, 0.29) is 30.8 Å². The van der Waals surface area contributed by atoms with Crippen LogP contribution >= 0.6 is 0 Å². The Hall–Kier alpha value is -3.03. The van der Waals surface area contributed by atoms with Crippen LogP contribution in [-0.4, -0.2) is 89.3 Å². The van der Waals surface area contributed by atoms with Crippen molar-refractivity contribution >= 4 is 17.9 Å². The molecule has 0 unspecified atom stereocenters. The fraction of sp³-hybridized carbons (Fsp3) is 0.667. The Bertz CT molecular complexity index is 1130. The number of nitrogens with two attached hydrogens (primary N) is 1. The van der Waals surface area contributed by atoms with Crippen LogP contribution in [0, 0.1) is 12.8 Å². The summed E-state index contributed by atoms with van der Waals surface area (Å²) in [6, 6.07) is 5.63. The summed E-state index contributed by atoms with van der Waals surface area (Å²) in [7, 11) is 0. The van der Waals surface area contributed by atoms with Crippen molar-refractivity contribution in [3.05, 3.63) is 34.9 Å². The van der Waals surface area contributed by atoms with Crippen molar-refractivity contribution in [2.75, 3.05) is 32.7 Å². The molecule has 228 valence electrons. The Morgan fingerprint density at radius 2 is 1.56 bits per heavy atom. The minimum absolute atomic E-state index is 0.0493. The molecule has 8 nitrogen and oxygen atoms in total. The monoisotopic (exact) mass is 592 g/mol. The fourth-order valence-electron chi connectivity index (χ4n) is 6.18. The average molecular weight is 593 g/mol. The zero-order chi connectivity index (χ0) is 30.2. The van der Waals surface area contributed by atoms with Gasteiger partial charge in [-0.2, -0.15) is 26.3 Å². The predicted octanol–water partition coefficient (Wildman–Crippen LogP) is 4.39. The minimum atomic E-state index is -5.77. The number of hydrogen-bond acceptors (Lipinski definition) is 5. The molecule has 3 aliphatic rings. The largest absolute Gasteiger partial charge is 0.434 e. The molecule has 1 aromatic carbocycles. The first-order valence-corrected chi connectivity index (χ1v) is 13.6. The van der Waals surface area contributed by atoms with Gasteiger partial charge in [0, 0.05) is 49.7 Å². The number of carbonyl (C=O) groups is 3. The Kier molecular flexibility index (Phi) is 8.81. The summed E-state index contributed by atoms with van der Waals surface area (Å²) in [5.74, 6) is -0.759. The average Bonchev–Trinajstić information content (AvgIpc) is 3.27. The van der Waals surface area contributed by atoms with Crippen molar-refractivity contribution in [2.24, 2.45) is 11.7 Å². The summed E-state index contributed by atoms with van der Waals surface area (Å²) in [4.78, 5) is 42.1. The number of benzene rings is 1. The van der Waals surface area contributed by atoms with Crippen molar-refractivity contribution in [3.63, 3.8) is 0 Å². The molecule has 14 heteroatoms. The number of amides is 3. The third-order valence-corrected chi connectivity index (χ3v) is 8.55. The third-order valence-electron chi connectivity index (χ3n) is 8.55. The van der Waals surface area contributed by atoms with Crippen LogP contribution in [0.25, 0.3) is 0 Å². The molecule has 0 bridgehead atoms. The molecule has 0 radical (unpaired) electrons. The van der Waals surface area contributed by atoms with Crippen molar-refractivity contribution < 1.29 is 45.5 Å². The standard InChI is InChI=1S/C27H34F6N4O4/c1-17-3-4-19(20(15-17)22(39)35-11-5-18(6-12-35)21(34)38)16-37-10-2-7-25(37)8-13-36(14-9-25)24(40)41-23(26(28,29)30)27(31,32)33/h3-4,15,18,23H,2,5-14,16H2,1H3,(H2,34,38). The molecule has 41 heavy (non-hydrogen) atoms. The van der Waals surface area contributed by atoms with Gasteiger partial charge in [-0.15, -0.1) is 0 Å². The molecule has 0 aromatic heterocycles. The van der Waals surface area contributed by atoms with E-state index >= 15 is 0 Å². The first-order chi connectivity index (χ1) is 19.1. The highest BCUT2D eigenvalue weighted by atomic mass is 19.4. The molecule has 0 atom stereocenters. The Morgan fingerprint density at radius 3 is 2.12 bits per heavy atom. The van der Waals surface area contributed by atoms with Crippen LogP contribution in [0.1, 0.15) is 60.0 Å². The van der Waals surface area contributed by atoms with Crippen molar-refractivity contribution in [3.8, 4) is 0 Å². The van der Waals surface area contributed by atoms with E-state index in [0.29, 0.717) is 57.4 Å². The number of aryl methyl sites for hydroxylation is 1. The van der Waals surface area contributed by atoms with Gasteiger partial charge >= 0.3 is 18.4 Å². The van der Waals surface area contributed by atoms with Gasteiger partial charge in [0.05, 0.1) is 0 Å². The van der Waals surface area contributed by atoms with E-state index in [1.165, 1.54) is 0 Å². The second-order valence-corrected chi connectivity index (χ2v) is 11.2. The Labute approximate surface area is 233 Å². The summed E-state index contributed by atoms with van der Waals surface area (Å²) >= 11 is 0. The Morgan fingerprint density at radius 1 is 0.951 bits per heavy atom. The number of nitrogens with zero attached hydrogens (tertiary/aromatic N) is 3. The lowest BCUT2D eigenvalue weighted by atomic mass is 9.84. The maximum atomic E-state index is 13.5. The zero-order valence-corrected chi connectivity index (χ0v) is 22.7. The van der Waals surface area contributed by atoms with Crippen molar-refractivity contribution in [1.82, 2.24) is 14.7 Å². The van der Waals surface area contributed by atoms with Gasteiger partial charge in [-0.25, -0.2) is 4.79 Å². The molecule has 3 amide bonds. The van der Waals surface area contributed by atoms with Gasteiger partial charge in [-0.1, -0.05) is 17.7 Å². The lowest BCUT2D eigenvalue weighted by Gasteiger charge is -2.45. The smallest absolute Gasteiger partial charge is 0.426 e. The maximum Gasteiger partial charge on any atom is 0.434 e. The molecule has 2 N–H and O–H groups in total. The highest BCUT2D eigenvalue weighted by Crippen LogP contribution is 2.41. The highest BCUT2D eigenvalue weighted by Gasteiger charge is 2.60. The van der Waals surface area contributed by atoms with Crippen LogP contribution in [0.5, 0.6) is 0 Å². The number of ether oxygens (including phenoxy) is 1. The van der Waals surface area contributed by atoms with Crippen LogP contribution in [0.2, 0.25) is 0 Å². The summed E-state index contributed by atoms with van der Waals surface area (Å²) in [6.45, 7) is 3.74. The molecule has 1 spiro atoms. The minimum Gasteiger partial charge on any atom is -0.426 e. The third kappa shape index (κ3) is 6.90. The highest BCUT2D eigenvalue weighted by molar-refractivity contribution is 5.96. The second kappa shape index (κ2) is 11.7. The molecule has 0 saturated carbocycles. The lowest BCUT2D eigenvalue weighted by Crippen LogP contribution is -2.54. The van der Waals surface area contributed by atoms with E-state index in [4.69, 9.17) is 5.73 Å². The number of likely N-dealkylation sites (tertiary alicyclic amines) is 3. The van der Waals surface area contributed by atoms with Crippen molar-refractivity contribution in [2.45, 2.75) is 76.0 Å². The number of carbonyl (C=O) groups excluding carboxylic acids is 3. The van der Waals surface area contributed by atoms with Gasteiger partial charge in [0.1, 0.15) is 0 Å². The molecule has 3 fully saturated rings. The first-order valence-electron chi connectivity index (χ1n) is 13.6. The lowest BCUT2D eigenvalue weighted by molar-refractivity contribution is -0.308. The predicted molar refractivity (Wildman–Crippen MR) is 135 cm³/mol. The van der Waals surface area contributed by atoms with E-state index in [9.17, 15) is 40.7 Å². The van der Waals surface area contributed by atoms with Gasteiger partial charge in [-0.05, 0) is 63.6 Å². The molecule has 3 heterocycles. The fourth-order valence-corrected chi connectivity index (χ4v) is 6.18. The molecule has 0 aliphatic carbocycles. The Balaban J connectivity index is 1.43. The number of hydrogen-bond donors (Lipinski definition) is 1. The molecule has 3 saturated heterocycles. The van der Waals surface area contributed by atoms with Gasteiger partial charge < -0.3 is 20.3 Å². The molecule has 3 aliphatic heterocycles. The number of primary amides is 1. The van der Waals surface area contributed by atoms with E-state index < -0.39 is 30.1 Å². The maximum absolute atomic E-state index is 13.5. The molecular formula is C27H34F6N4O4. The summed E-state index contributed by atoms with van der Waals surface area (Å²) in [6.07, 6.45) is -14.1. The zero-order valence-electron chi connectivity index (χ0n) is 22.7. The van der Waals surface area contributed by atoms with Gasteiger partial charge in [-0.3, -0.25) is 14.5 Å². The van der Waals surface area contributed by atoms with E-state index in [1.54, 1.807) is 4.90 Å². The second-order valence-electron chi connectivity index (χ2n) is 11.2. The number of halogens is 6. The van der Waals surface area contributed by atoms with Crippen LogP contribution in [0.3, 0.4) is 0 Å². The van der Waals surface area contributed by atoms with Gasteiger partial charge in [0.2, 0.25) is 5.91 Å². The number of rotatable bonds is 5. The van der Waals surface area contributed by atoms with Gasteiger partial charge in [0.25, 0.3) is 12.0 Å². The topological polar surface area (TPSA) is 96.2 Å². The quantitative estimate of drug-likeness (QED) is 0.512. The van der Waals surface area contributed by atoms with Crippen LogP contribution in [0.4, 0.5) is 31.1 Å².